The van der Waals surface area contributed by atoms with Gasteiger partial charge in [-0.15, -0.1) is 0 Å². The molecule has 0 aliphatic carbocycles. The van der Waals surface area contributed by atoms with Crippen molar-refractivity contribution in [2.45, 2.75) is 13.0 Å². The summed E-state index contributed by atoms with van der Waals surface area (Å²) < 4.78 is 13.1. The van der Waals surface area contributed by atoms with Gasteiger partial charge in [0.15, 0.2) is 11.4 Å². The number of morpholine rings is 1. The van der Waals surface area contributed by atoms with Crippen LogP contribution in [0.1, 0.15) is 17.4 Å². The van der Waals surface area contributed by atoms with Crippen molar-refractivity contribution in [2.24, 2.45) is 0 Å². The average molecular weight is 422 g/mol. The van der Waals surface area contributed by atoms with Gasteiger partial charge < -0.3 is 24.5 Å². The lowest BCUT2D eigenvalue weighted by atomic mass is 10.2. The summed E-state index contributed by atoms with van der Waals surface area (Å²) in [4.78, 5) is 23.5. The Morgan fingerprint density at radius 1 is 1.26 bits per heavy atom. The van der Waals surface area contributed by atoms with E-state index in [9.17, 15) is 4.79 Å². The third kappa shape index (κ3) is 3.60. The number of fused-ring (bicyclic) bond motifs is 2. The number of rotatable bonds is 5. The quantitative estimate of drug-likeness (QED) is 0.497. The van der Waals surface area contributed by atoms with Crippen LogP contribution in [0.15, 0.2) is 41.1 Å². The average Bonchev–Trinajstić information content (AvgIpc) is 3.42. The highest BCUT2D eigenvalue weighted by Crippen LogP contribution is 2.33. The van der Waals surface area contributed by atoms with Gasteiger partial charge in [0.25, 0.3) is 5.91 Å². The van der Waals surface area contributed by atoms with E-state index in [1.807, 2.05) is 12.1 Å². The van der Waals surface area contributed by atoms with Gasteiger partial charge in [0.2, 0.25) is 0 Å². The lowest BCUT2D eigenvalue weighted by Crippen LogP contribution is -2.36. The van der Waals surface area contributed by atoms with Crippen molar-refractivity contribution in [2.75, 3.05) is 37.8 Å². The van der Waals surface area contributed by atoms with Crippen molar-refractivity contribution in [3.63, 3.8) is 0 Å². The number of furan rings is 1. The summed E-state index contributed by atoms with van der Waals surface area (Å²) in [7, 11) is 0. The molecule has 10 nitrogen and oxygen atoms in total. The number of imidazole rings is 1. The van der Waals surface area contributed by atoms with Crippen LogP contribution in [0.5, 0.6) is 0 Å². The van der Waals surface area contributed by atoms with E-state index in [-0.39, 0.29) is 24.2 Å². The van der Waals surface area contributed by atoms with Crippen LogP contribution in [0.2, 0.25) is 0 Å². The summed E-state index contributed by atoms with van der Waals surface area (Å²) >= 11 is 0. The second kappa shape index (κ2) is 7.97. The summed E-state index contributed by atoms with van der Waals surface area (Å²) in [5, 5.41) is 17.2. The summed E-state index contributed by atoms with van der Waals surface area (Å²) in [5.41, 5.74) is 2.16. The third-order valence-electron chi connectivity index (χ3n) is 5.23. The number of amides is 1. The zero-order valence-corrected chi connectivity index (χ0v) is 17.0. The molecule has 0 radical (unpaired) electrons. The van der Waals surface area contributed by atoms with E-state index in [2.05, 4.69) is 25.3 Å². The molecular weight excluding hydrogens is 400 g/mol. The number of carbonyl (C=O) groups excluding carboxylic acids is 1. The van der Waals surface area contributed by atoms with Crippen molar-refractivity contribution in [3.8, 4) is 11.5 Å². The standard InChI is InChI=1S/C21H22N6O4/c1-13(12-28)24-21(29)15-2-3-19-23-11-16(27(19)25-15)18-10-14-17(31-18)4-5-22-20(14)26-6-8-30-9-7-26/h2-5,10-11,13,28H,6-9,12H2,1H3,(H,24,29)/t13-/m1/s1. The normalized spacial score (nSPS) is 15.5. The first-order valence-corrected chi connectivity index (χ1v) is 10.1. The Labute approximate surface area is 177 Å². The molecule has 4 aromatic heterocycles. The molecule has 5 rings (SSSR count). The fraction of sp³-hybridized carbons (Fsp3) is 0.333. The zero-order valence-electron chi connectivity index (χ0n) is 17.0. The molecule has 0 unspecified atom stereocenters. The largest absolute Gasteiger partial charge is 0.454 e. The lowest BCUT2D eigenvalue weighted by molar-refractivity contribution is 0.0916. The predicted molar refractivity (Wildman–Crippen MR) is 113 cm³/mol. The Balaban J connectivity index is 1.54. The van der Waals surface area contributed by atoms with Crippen LogP contribution in [0.25, 0.3) is 28.1 Å². The molecule has 0 spiro atoms. The molecule has 1 aliphatic rings. The molecule has 0 saturated carbocycles. The van der Waals surface area contributed by atoms with Gasteiger partial charge in [0.05, 0.1) is 31.4 Å². The Morgan fingerprint density at radius 3 is 2.90 bits per heavy atom. The van der Waals surface area contributed by atoms with Gasteiger partial charge >= 0.3 is 0 Å². The van der Waals surface area contributed by atoms with Crippen molar-refractivity contribution in [3.05, 3.63) is 42.4 Å². The molecule has 1 amide bonds. The van der Waals surface area contributed by atoms with Crippen LogP contribution in [0.4, 0.5) is 5.82 Å². The molecule has 4 aromatic rings. The first-order valence-electron chi connectivity index (χ1n) is 10.1. The first-order chi connectivity index (χ1) is 15.1. The zero-order chi connectivity index (χ0) is 21.4. The van der Waals surface area contributed by atoms with E-state index >= 15 is 0 Å². The minimum absolute atomic E-state index is 0.150. The van der Waals surface area contributed by atoms with Crippen LogP contribution in [0, 0.1) is 0 Å². The van der Waals surface area contributed by atoms with E-state index in [4.69, 9.17) is 14.3 Å². The second-order valence-corrected chi connectivity index (χ2v) is 7.45. The highest BCUT2D eigenvalue weighted by atomic mass is 16.5. The smallest absolute Gasteiger partial charge is 0.272 e. The maximum Gasteiger partial charge on any atom is 0.272 e. The van der Waals surface area contributed by atoms with Gasteiger partial charge in [-0.25, -0.2) is 14.5 Å². The van der Waals surface area contributed by atoms with E-state index < -0.39 is 0 Å². The van der Waals surface area contributed by atoms with Crippen molar-refractivity contribution in [1.29, 1.82) is 0 Å². The summed E-state index contributed by atoms with van der Waals surface area (Å²) in [6, 6.07) is 6.71. The maximum atomic E-state index is 12.4. The third-order valence-corrected chi connectivity index (χ3v) is 5.23. The van der Waals surface area contributed by atoms with Crippen molar-refractivity contribution < 1.29 is 19.1 Å². The highest BCUT2D eigenvalue weighted by Gasteiger charge is 2.20. The van der Waals surface area contributed by atoms with E-state index in [0.29, 0.717) is 35.9 Å². The van der Waals surface area contributed by atoms with Crippen molar-refractivity contribution >= 4 is 28.3 Å². The van der Waals surface area contributed by atoms with E-state index in [1.54, 1.807) is 36.0 Å². The number of hydrogen-bond donors (Lipinski definition) is 2. The van der Waals surface area contributed by atoms with Crippen LogP contribution in [-0.2, 0) is 4.74 Å². The monoisotopic (exact) mass is 422 g/mol. The Morgan fingerprint density at radius 2 is 2.10 bits per heavy atom. The molecule has 10 heteroatoms. The van der Waals surface area contributed by atoms with Crippen LogP contribution in [-0.4, -0.2) is 69.5 Å². The maximum absolute atomic E-state index is 12.4. The number of nitrogens with zero attached hydrogens (tertiary/aromatic N) is 5. The fourth-order valence-electron chi connectivity index (χ4n) is 3.61. The number of aliphatic hydroxyl groups is 1. The number of aliphatic hydroxyl groups excluding tert-OH is 1. The van der Waals surface area contributed by atoms with Gasteiger partial charge in [-0.05, 0) is 31.2 Å². The molecule has 1 fully saturated rings. The first kappa shape index (κ1) is 19.5. The van der Waals surface area contributed by atoms with Crippen LogP contribution in [0.3, 0.4) is 0 Å². The van der Waals surface area contributed by atoms with Gasteiger partial charge in [-0.2, -0.15) is 5.10 Å². The molecular formula is C21H22N6O4. The molecule has 160 valence electrons. The predicted octanol–water partition coefficient (Wildman–Crippen LogP) is 1.48. The summed E-state index contributed by atoms with van der Waals surface area (Å²) in [6.45, 7) is 4.44. The number of hydrogen-bond acceptors (Lipinski definition) is 8. The number of nitrogens with one attached hydrogen (secondary N) is 1. The topological polar surface area (TPSA) is 118 Å². The minimum Gasteiger partial charge on any atom is -0.454 e. The van der Waals surface area contributed by atoms with E-state index in [1.165, 1.54) is 0 Å². The minimum atomic E-state index is -0.369. The number of carbonyl (C=O) groups is 1. The van der Waals surface area contributed by atoms with Gasteiger partial charge in [-0.3, -0.25) is 4.79 Å². The molecule has 1 atom stereocenters. The molecule has 0 bridgehead atoms. The van der Waals surface area contributed by atoms with Gasteiger partial charge in [0, 0.05) is 25.3 Å². The Hall–Kier alpha value is -3.50. The SMILES string of the molecule is C[C@H](CO)NC(=O)c1ccc2ncc(-c3cc4c(N5CCOCC5)nccc4o3)n2n1. The molecule has 1 saturated heterocycles. The van der Waals surface area contributed by atoms with Gasteiger partial charge in [0.1, 0.15) is 22.8 Å². The summed E-state index contributed by atoms with van der Waals surface area (Å²) in [5.74, 6) is 1.07. The molecule has 2 N–H and O–H groups in total. The van der Waals surface area contributed by atoms with Crippen molar-refractivity contribution in [1.82, 2.24) is 24.9 Å². The van der Waals surface area contributed by atoms with E-state index in [0.717, 1.165) is 24.3 Å². The lowest BCUT2D eigenvalue weighted by Gasteiger charge is -2.28. The number of anilines is 1. The summed E-state index contributed by atoms with van der Waals surface area (Å²) in [6.07, 6.45) is 3.40. The Kier molecular flexibility index (Phi) is 5.00. The molecule has 0 aromatic carbocycles. The van der Waals surface area contributed by atoms with Gasteiger partial charge in [-0.1, -0.05) is 0 Å². The number of pyridine rings is 1. The number of ether oxygens (including phenoxy) is 1. The van der Waals surface area contributed by atoms with Crippen LogP contribution >= 0.6 is 0 Å². The molecule has 5 heterocycles. The Bertz CT molecular complexity index is 1240. The second-order valence-electron chi connectivity index (χ2n) is 7.45. The highest BCUT2D eigenvalue weighted by molar-refractivity contribution is 5.93. The molecule has 31 heavy (non-hydrogen) atoms. The fourth-order valence-corrected chi connectivity index (χ4v) is 3.61. The van der Waals surface area contributed by atoms with Crippen LogP contribution < -0.4 is 10.2 Å². The molecule has 1 aliphatic heterocycles. The number of aromatic nitrogens is 4.